The fraction of sp³-hybridized carbons (Fsp3) is 0.263. The summed E-state index contributed by atoms with van der Waals surface area (Å²) in [5, 5.41) is 0. The highest BCUT2D eigenvalue weighted by atomic mass is 17.2. The first kappa shape index (κ1) is 29.4. The van der Waals surface area contributed by atoms with Crippen molar-refractivity contribution in [2.75, 3.05) is 0 Å². The first-order chi connectivity index (χ1) is 21.6. The zero-order valence-corrected chi connectivity index (χ0v) is 24.6. The summed E-state index contributed by atoms with van der Waals surface area (Å²) in [5.41, 5.74) is 4.91. The Morgan fingerprint density at radius 1 is 0.545 bits per heavy atom. The van der Waals surface area contributed by atoms with Crippen molar-refractivity contribution in [2.45, 2.75) is 51.0 Å². The zero-order chi connectivity index (χ0) is 30.1. The van der Waals surface area contributed by atoms with Crippen molar-refractivity contribution in [3.63, 3.8) is 0 Å². The van der Waals surface area contributed by atoms with Crippen LogP contribution in [0.2, 0.25) is 0 Å². The van der Waals surface area contributed by atoms with Gasteiger partial charge in [-0.25, -0.2) is 14.5 Å². The smallest absolute Gasteiger partial charge is 0.293 e. The van der Waals surface area contributed by atoms with Gasteiger partial charge in [0.2, 0.25) is 0 Å². The van der Waals surface area contributed by atoms with Gasteiger partial charge in [0, 0.05) is 6.42 Å². The second kappa shape index (κ2) is 14.2. The van der Waals surface area contributed by atoms with Crippen LogP contribution in [0.15, 0.2) is 121 Å². The van der Waals surface area contributed by atoms with Crippen molar-refractivity contribution < 1.29 is 29.1 Å². The van der Waals surface area contributed by atoms with Crippen molar-refractivity contribution in [2.24, 2.45) is 11.8 Å². The molecule has 0 heterocycles. The lowest BCUT2D eigenvalue weighted by atomic mass is 9.74. The van der Waals surface area contributed by atoms with Crippen molar-refractivity contribution in [3.05, 3.63) is 132 Å². The quantitative estimate of drug-likeness (QED) is 0.143. The van der Waals surface area contributed by atoms with E-state index in [9.17, 15) is 9.59 Å². The number of hydrogen-bond donors (Lipinski definition) is 0. The van der Waals surface area contributed by atoms with Gasteiger partial charge in [-0.1, -0.05) is 84.9 Å². The van der Waals surface area contributed by atoms with Crippen molar-refractivity contribution >= 4 is 11.9 Å². The summed E-state index contributed by atoms with van der Waals surface area (Å²) in [4.78, 5) is 46.8. The van der Waals surface area contributed by atoms with Gasteiger partial charge < -0.3 is 0 Å². The molecule has 1 atom stereocenters. The molecule has 0 saturated heterocycles. The van der Waals surface area contributed by atoms with Gasteiger partial charge in [-0.15, -0.1) is 0 Å². The Labute approximate surface area is 258 Å². The molecule has 6 nitrogen and oxygen atoms in total. The molecule has 6 heteroatoms. The third-order valence-electron chi connectivity index (χ3n) is 8.69. The molecule has 0 spiro atoms. The molecular weight excluding hydrogens is 552 g/mol. The molecule has 2 aliphatic rings. The van der Waals surface area contributed by atoms with Crippen LogP contribution in [-0.4, -0.2) is 18.0 Å². The number of carbonyl (C=O) groups is 2. The number of benzene rings is 4. The minimum Gasteiger partial charge on any atom is -0.293 e. The van der Waals surface area contributed by atoms with Crippen LogP contribution in [0.5, 0.6) is 0 Å². The maximum atomic E-state index is 12.7. The van der Waals surface area contributed by atoms with E-state index >= 15 is 0 Å². The monoisotopic (exact) mass is 588 g/mol. The number of allylic oxidation sites excluding steroid dienone is 2. The molecule has 0 amide bonds. The summed E-state index contributed by atoms with van der Waals surface area (Å²) in [6.45, 7) is 0. The topological polar surface area (TPSA) is 71.1 Å². The van der Waals surface area contributed by atoms with E-state index in [1.54, 1.807) is 12.1 Å². The molecule has 0 bridgehead atoms. The summed E-state index contributed by atoms with van der Waals surface area (Å²) >= 11 is 0. The number of hydrogen-bond acceptors (Lipinski definition) is 6. The SMILES string of the molecule is O=C(OOC1=CCC(C2CCC(OOC(=O)c3cccc(-c4ccccc4)c3)CC2)CC1)c1cccc(-c2ccccc2)c1. The average molecular weight is 589 g/mol. The Bertz CT molecular complexity index is 1590. The molecule has 0 N–H and O–H groups in total. The zero-order valence-electron chi connectivity index (χ0n) is 24.6. The van der Waals surface area contributed by atoms with Crippen molar-refractivity contribution in [1.29, 1.82) is 0 Å². The van der Waals surface area contributed by atoms with E-state index in [1.165, 1.54) is 0 Å². The lowest BCUT2D eigenvalue weighted by molar-refractivity contribution is -0.281. The average Bonchev–Trinajstić information content (AvgIpc) is 3.11. The molecule has 1 fully saturated rings. The molecule has 1 saturated carbocycles. The lowest BCUT2D eigenvalue weighted by Gasteiger charge is -2.34. The Morgan fingerprint density at radius 2 is 1.09 bits per heavy atom. The summed E-state index contributed by atoms with van der Waals surface area (Å²) in [6.07, 6.45) is 8.31. The number of rotatable bonds is 9. The summed E-state index contributed by atoms with van der Waals surface area (Å²) in [5.74, 6) is 0.848. The molecular formula is C38H36O6. The fourth-order valence-corrected chi connectivity index (χ4v) is 6.20. The molecule has 4 aromatic rings. The van der Waals surface area contributed by atoms with Crippen LogP contribution < -0.4 is 0 Å². The third-order valence-corrected chi connectivity index (χ3v) is 8.69. The highest BCUT2D eigenvalue weighted by Crippen LogP contribution is 2.39. The van der Waals surface area contributed by atoms with Crippen LogP contribution in [-0.2, 0) is 19.6 Å². The van der Waals surface area contributed by atoms with Crippen LogP contribution in [0.3, 0.4) is 0 Å². The van der Waals surface area contributed by atoms with Gasteiger partial charge >= 0.3 is 11.9 Å². The molecule has 2 aliphatic carbocycles. The van der Waals surface area contributed by atoms with Crippen molar-refractivity contribution in [1.82, 2.24) is 0 Å². The molecule has 0 aromatic heterocycles. The molecule has 0 radical (unpaired) electrons. The summed E-state index contributed by atoms with van der Waals surface area (Å²) in [7, 11) is 0. The van der Waals surface area contributed by atoms with E-state index in [-0.39, 0.29) is 6.10 Å². The van der Waals surface area contributed by atoms with E-state index in [2.05, 4.69) is 6.08 Å². The van der Waals surface area contributed by atoms with Gasteiger partial charge in [0.15, 0.2) is 5.76 Å². The second-order valence-corrected chi connectivity index (χ2v) is 11.6. The first-order valence-electron chi connectivity index (χ1n) is 15.4. The van der Waals surface area contributed by atoms with Gasteiger partial charge in [-0.05, 0) is 103 Å². The van der Waals surface area contributed by atoms with Crippen LogP contribution in [0.25, 0.3) is 22.3 Å². The predicted octanol–water partition coefficient (Wildman–Crippen LogP) is 9.14. The van der Waals surface area contributed by atoms with Gasteiger partial charge in [-0.3, -0.25) is 9.78 Å². The van der Waals surface area contributed by atoms with Crippen molar-refractivity contribution in [3.8, 4) is 22.3 Å². The Hall–Kier alpha value is -4.68. The maximum absolute atomic E-state index is 12.7. The molecule has 44 heavy (non-hydrogen) atoms. The van der Waals surface area contributed by atoms with Crippen LogP contribution in [0.4, 0.5) is 0 Å². The third kappa shape index (κ3) is 7.44. The van der Waals surface area contributed by atoms with E-state index in [4.69, 9.17) is 19.6 Å². The summed E-state index contributed by atoms with van der Waals surface area (Å²) < 4.78 is 0. The Balaban J connectivity index is 0.923. The molecule has 4 aromatic carbocycles. The van der Waals surface area contributed by atoms with E-state index in [1.807, 2.05) is 97.1 Å². The minimum atomic E-state index is -0.506. The molecule has 224 valence electrons. The predicted molar refractivity (Wildman–Crippen MR) is 168 cm³/mol. The van der Waals surface area contributed by atoms with E-state index in [0.717, 1.165) is 67.2 Å². The lowest BCUT2D eigenvalue weighted by Crippen LogP contribution is -2.28. The Kier molecular flexibility index (Phi) is 9.48. The van der Waals surface area contributed by atoms with E-state index < -0.39 is 11.9 Å². The first-order valence-corrected chi connectivity index (χ1v) is 15.4. The minimum absolute atomic E-state index is 0.0923. The van der Waals surface area contributed by atoms with Gasteiger partial charge in [0.05, 0.1) is 11.1 Å². The standard InChI is InChI=1S/C38H36O6/c39-37(33-15-7-13-31(25-33)27-9-3-1-4-10-27)43-41-35-21-17-29(18-22-35)30-19-23-36(24-20-30)42-44-38(40)34-16-8-14-32(26-34)28-11-5-2-6-12-28/h1-16,21,25-26,29-30,36H,17-20,22-24H2. The fourth-order valence-electron chi connectivity index (χ4n) is 6.20. The van der Waals surface area contributed by atoms with Crippen LogP contribution >= 0.6 is 0 Å². The maximum Gasteiger partial charge on any atom is 0.386 e. The number of carbonyl (C=O) groups excluding carboxylic acids is 2. The van der Waals surface area contributed by atoms with Gasteiger partial charge in [0.25, 0.3) is 0 Å². The second-order valence-electron chi connectivity index (χ2n) is 11.6. The molecule has 0 aliphatic heterocycles. The van der Waals surface area contributed by atoms with Crippen LogP contribution in [0, 0.1) is 11.8 Å². The van der Waals surface area contributed by atoms with E-state index in [0.29, 0.717) is 28.7 Å². The largest absolute Gasteiger partial charge is 0.386 e. The van der Waals surface area contributed by atoms with Crippen LogP contribution in [0.1, 0.15) is 65.7 Å². The Morgan fingerprint density at radius 3 is 1.64 bits per heavy atom. The molecule has 1 unspecified atom stereocenters. The summed E-state index contributed by atoms with van der Waals surface area (Å²) in [6, 6.07) is 34.6. The molecule has 6 rings (SSSR count). The van der Waals surface area contributed by atoms with Gasteiger partial charge in [-0.2, -0.15) is 4.89 Å². The highest BCUT2D eigenvalue weighted by molar-refractivity contribution is 5.91. The van der Waals surface area contributed by atoms with Gasteiger partial charge in [0.1, 0.15) is 6.10 Å². The normalized spacial score (nSPS) is 19.8. The highest BCUT2D eigenvalue weighted by Gasteiger charge is 2.31.